The fourth-order valence-electron chi connectivity index (χ4n) is 1.92. The molecule has 0 N–H and O–H groups in total. The molecule has 1 saturated heterocycles. The van der Waals surface area contributed by atoms with Crippen molar-refractivity contribution in [1.82, 2.24) is 30.0 Å². The minimum absolute atomic E-state index is 0.0100. The van der Waals surface area contributed by atoms with E-state index in [9.17, 15) is 14.4 Å². The summed E-state index contributed by atoms with van der Waals surface area (Å²) in [6, 6.07) is -0.540. The van der Waals surface area contributed by atoms with Crippen molar-refractivity contribution in [2.24, 2.45) is 7.05 Å². The van der Waals surface area contributed by atoms with Gasteiger partial charge in [0, 0.05) is 13.6 Å². The Bertz CT molecular complexity index is 498. The van der Waals surface area contributed by atoms with Crippen LogP contribution in [0.4, 0.5) is 0 Å². The highest BCUT2D eigenvalue weighted by Gasteiger charge is 2.41. The SMILES string of the molecule is CCN1C(=O)C(=O)N([C]=O)CC1c1nnnn1C. The Labute approximate surface area is 102 Å². The molecule has 1 aliphatic heterocycles. The number of amides is 3. The van der Waals surface area contributed by atoms with Gasteiger partial charge in [-0.25, -0.2) is 4.68 Å². The van der Waals surface area contributed by atoms with E-state index in [2.05, 4.69) is 15.5 Å². The van der Waals surface area contributed by atoms with E-state index < -0.39 is 17.9 Å². The number of aryl methyl sites for hydroxylation is 1. The minimum atomic E-state index is -0.877. The number of aromatic nitrogens is 4. The summed E-state index contributed by atoms with van der Waals surface area (Å²) in [5.41, 5.74) is 0. The van der Waals surface area contributed by atoms with Crippen molar-refractivity contribution >= 4 is 18.2 Å². The van der Waals surface area contributed by atoms with E-state index in [4.69, 9.17) is 0 Å². The smallest absolute Gasteiger partial charge is 0.319 e. The number of hydrogen-bond acceptors (Lipinski definition) is 6. The van der Waals surface area contributed by atoms with E-state index >= 15 is 0 Å². The van der Waals surface area contributed by atoms with Crippen LogP contribution in [0.1, 0.15) is 18.8 Å². The lowest BCUT2D eigenvalue weighted by molar-refractivity contribution is -0.156. The van der Waals surface area contributed by atoms with Crippen LogP contribution in [0.15, 0.2) is 0 Å². The lowest BCUT2D eigenvalue weighted by atomic mass is 10.1. The normalized spacial score (nSPS) is 20.4. The van der Waals surface area contributed by atoms with Gasteiger partial charge in [-0.3, -0.25) is 19.3 Å². The number of nitrogens with zero attached hydrogens (tertiary/aromatic N) is 6. The highest BCUT2D eigenvalue weighted by Crippen LogP contribution is 2.23. The summed E-state index contributed by atoms with van der Waals surface area (Å²) in [7, 11) is 1.62. The van der Waals surface area contributed by atoms with E-state index in [1.807, 2.05) is 0 Å². The second-order valence-electron chi connectivity index (χ2n) is 3.77. The third kappa shape index (κ3) is 1.73. The number of piperazine rings is 1. The van der Waals surface area contributed by atoms with Crippen molar-refractivity contribution in [2.75, 3.05) is 13.1 Å². The summed E-state index contributed by atoms with van der Waals surface area (Å²) in [4.78, 5) is 36.1. The minimum Gasteiger partial charge on any atom is -0.323 e. The van der Waals surface area contributed by atoms with Gasteiger partial charge in [0.2, 0.25) is 0 Å². The van der Waals surface area contributed by atoms with Gasteiger partial charge < -0.3 is 4.90 Å². The lowest BCUT2D eigenvalue weighted by Gasteiger charge is -2.36. The van der Waals surface area contributed by atoms with Crippen LogP contribution < -0.4 is 0 Å². The molecule has 1 radical (unpaired) electrons. The molecule has 1 fully saturated rings. The highest BCUT2D eigenvalue weighted by molar-refractivity contribution is 6.37. The van der Waals surface area contributed by atoms with Crippen LogP contribution in [-0.2, 0) is 21.4 Å². The second-order valence-corrected chi connectivity index (χ2v) is 3.77. The number of carbonyl (C=O) groups excluding carboxylic acids is 3. The maximum absolute atomic E-state index is 11.8. The van der Waals surface area contributed by atoms with Crippen molar-refractivity contribution < 1.29 is 14.4 Å². The molecule has 3 amide bonds. The Morgan fingerprint density at radius 3 is 2.61 bits per heavy atom. The van der Waals surface area contributed by atoms with Crippen LogP contribution in [-0.4, -0.2) is 61.3 Å². The molecule has 95 valence electrons. The predicted octanol–water partition coefficient (Wildman–Crippen LogP) is -1.99. The number of carbonyl (C=O) groups is 2. The average Bonchev–Trinajstić information content (AvgIpc) is 2.78. The van der Waals surface area contributed by atoms with E-state index in [0.717, 1.165) is 0 Å². The number of hydrogen-bond donors (Lipinski definition) is 0. The largest absolute Gasteiger partial charge is 0.323 e. The maximum atomic E-state index is 11.8. The van der Waals surface area contributed by atoms with E-state index in [-0.39, 0.29) is 6.54 Å². The molecule has 1 aromatic heterocycles. The molecule has 2 rings (SSSR count). The number of rotatable bonds is 3. The molecule has 1 aliphatic rings. The van der Waals surface area contributed by atoms with E-state index in [1.165, 1.54) is 16.0 Å². The molecule has 2 heterocycles. The molecule has 9 heteroatoms. The zero-order valence-corrected chi connectivity index (χ0v) is 9.90. The van der Waals surface area contributed by atoms with E-state index in [1.54, 1.807) is 14.0 Å². The lowest BCUT2D eigenvalue weighted by Crippen LogP contribution is -2.55. The van der Waals surface area contributed by atoms with Gasteiger partial charge in [-0.1, -0.05) is 0 Å². The van der Waals surface area contributed by atoms with Crippen LogP contribution in [0.2, 0.25) is 0 Å². The van der Waals surface area contributed by atoms with Crippen LogP contribution in [0, 0.1) is 0 Å². The average molecular weight is 251 g/mol. The fraction of sp³-hybridized carbons (Fsp3) is 0.556. The molecule has 1 unspecified atom stereocenters. The summed E-state index contributed by atoms with van der Waals surface area (Å²) in [6.45, 7) is 2.08. The number of imide groups is 1. The predicted molar refractivity (Wildman–Crippen MR) is 56.3 cm³/mol. The highest BCUT2D eigenvalue weighted by atomic mass is 16.2. The molecule has 0 aliphatic carbocycles. The Hall–Kier alpha value is -2.32. The van der Waals surface area contributed by atoms with Gasteiger partial charge in [-0.2, -0.15) is 0 Å². The van der Waals surface area contributed by atoms with Gasteiger partial charge in [0.25, 0.3) is 0 Å². The van der Waals surface area contributed by atoms with Gasteiger partial charge in [-0.05, 0) is 17.4 Å². The fourth-order valence-corrected chi connectivity index (χ4v) is 1.92. The molecule has 18 heavy (non-hydrogen) atoms. The summed E-state index contributed by atoms with van der Waals surface area (Å²) < 4.78 is 1.40. The van der Waals surface area contributed by atoms with Gasteiger partial charge in [-0.15, -0.1) is 5.10 Å². The Kier molecular flexibility index (Phi) is 3.04. The quantitative estimate of drug-likeness (QED) is 0.576. The van der Waals surface area contributed by atoms with Gasteiger partial charge in [0.1, 0.15) is 6.04 Å². The number of tetrazole rings is 1. The molecule has 1 aromatic rings. The zero-order valence-electron chi connectivity index (χ0n) is 9.90. The van der Waals surface area contributed by atoms with E-state index in [0.29, 0.717) is 17.3 Å². The van der Waals surface area contributed by atoms with Crippen LogP contribution >= 0.6 is 0 Å². The van der Waals surface area contributed by atoms with Crippen LogP contribution in [0.25, 0.3) is 0 Å². The third-order valence-corrected chi connectivity index (χ3v) is 2.82. The zero-order chi connectivity index (χ0) is 13.3. The van der Waals surface area contributed by atoms with Crippen LogP contribution in [0.5, 0.6) is 0 Å². The summed E-state index contributed by atoms with van der Waals surface area (Å²) in [5, 5.41) is 11.0. The number of likely N-dealkylation sites (N-methyl/N-ethyl adjacent to an activating group) is 1. The third-order valence-electron chi connectivity index (χ3n) is 2.82. The Morgan fingerprint density at radius 1 is 1.39 bits per heavy atom. The van der Waals surface area contributed by atoms with Crippen molar-refractivity contribution in [3.63, 3.8) is 0 Å². The Morgan fingerprint density at radius 2 is 2.11 bits per heavy atom. The topological polar surface area (TPSA) is 101 Å². The molecular weight excluding hydrogens is 240 g/mol. The molecule has 0 bridgehead atoms. The Balaban J connectivity index is 2.39. The molecule has 9 nitrogen and oxygen atoms in total. The van der Waals surface area contributed by atoms with Crippen molar-refractivity contribution in [3.8, 4) is 0 Å². The van der Waals surface area contributed by atoms with Crippen molar-refractivity contribution in [1.29, 1.82) is 0 Å². The van der Waals surface area contributed by atoms with Gasteiger partial charge in [0.15, 0.2) is 5.82 Å². The first kappa shape index (κ1) is 12.1. The van der Waals surface area contributed by atoms with Crippen molar-refractivity contribution in [2.45, 2.75) is 13.0 Å². The monoisotopic (exact) mass is 251 g/mol. The molecular formula is C9H11N6O3. The summed E-state index contributed by atoms with van der Waals surface area (Å²) >= 11 is 0. The molecule has 0 saturated carbocycles. The molecule has 0 spiro atoms. The van der Waals surface area contributed by atoms with Gasteiger partial charge >= 0.3 is 18.2 Å². The first-order valence-corrected chi connectivity index (χ1v) is 5.32. The first-order chi connectivity index (χ1) is 8.60. The van der Waals surface area contributed by atoms with Gasteiger partial charge in [0.05, 0.1) is 6.54 Å². The molecule has 1 atom stereocenters. The first-order valence-electron chi connectivity index (χ1n) is 5.32. The van der Waals surface area contributed by atoms with Crippen molar-refractivity contribution in [3.05, 3.63) is 5.82 Å². The maximum Gasteiger partial charge on any atom is 0.319 e. The summed E-state index contributed by atoms with van der Waals surface area (Å²) in [6.07, 6.45) is 1.45. The second kappa shape index (κ2) is 4.51. The standard InChI is InChI=1S/C9H11N6O3/c1-3-15-6(7-10-11-12-13(7)2)4-14(5-16)8(17)9(15)18/h6H,3-4H2,1-2H3. The van der Waals surface area contributed by atoms with Crippen LogP contribution in [0.3, 0.4) is 0 Å². The molecule has 0 aromatic carbocycles. The summed E-state index contributed by atoms with van der Waals surface area (Å²) in [5.74, 6) is -1.21.